The van der Waals surface area contributed by atoms with E-state index in [1.807, 2.05) is 18.2 Å². The van der Waals surface area contributed by atoms with Crippen molar-refractivity contribution in [3.8, 4) is 11.5 Å². The normalized spacial score (nSPS) is 18.9. The number of rotatable bonds is 5. The molecular weight excluding hydrogens is 230 g/mol. The molecule has 2 rings (SSSR count). The van der Waals surface area contributed by atoms with Gasteiger partial charge in [-0.15, -0.1) is 0 Å². The first kappa shape index (κ1) is 13.2. The van der Waals surface area contributed by atoms with E-state index in [-0.39, 0.29) is 5.41 Å². The molecule has 1 atom stereocenters. The van der Waals surface area contributed by atoms with Crippen LogP contribution in [0.3, 0.4) is 0 Å². The van der Waals surface area contributed by atoms with Gasteiger partial charge in [-0.05, 0) is 30.7 Å². The van der Waals surface area contributed by atoms with Gasteiger partial charge in [0.2, 0.25) is 0 Å². The summed E-state index contributed by atoms with van der Waals surface area (Å²) in [6.45, 7) is 4.16. The number of nitrogens with two attached hydrogens (primary N) is 1. The number of benzene rings is 1. The van der Waals surface area contributed by atoms with Crippen LogP contribution >= 0.6 is 0 Å². The van der Waals surface area contributed by atoms with Crippen LogP contribution in [-0.2, 0) is 10.2 Å². The first-order valence-corrected chi connectivity index (χ1v) is 6.18. The van der Waals surface area contributed by atoms with Crippen molar-refractivity contribution in [3.63, 3.8) is 0 Å². The SMILES string of the molecule is COc1ccc(OC)c(C2(C(C)CN)COC2)c1. The van der Waals surface area contributed by atoms with Crippen molar-refractivity contribution in [2.45, 2.75) is 12.3 Å². The topological polar surface area (TPSA) is 53.7 Å². The summed E-state index contributed by atoms with van der Waals surface area (Å²) in [6, 6.07) is 5.88. The van der Waals surface area contributed by atoms with Gasteiger partial charge < -0.3 is 19.9 Å². The molecule has 4 nitrogen and oxygen atoms in total. The Bertz CT molecular complexity index is 416. The summed E-state index contributed by atoms with van der Waals surface area (Å²) in [5.74, 6) is 2.05. The molecule has 4 heteroatoms. The van der Waals surface area contributed by atoms with E-state index >= 15 is 0 Å². The predicted octanol–water partition coefficient (Wildman–Crippen LogP) is 1.57. The first-order chi connectivity index (χ1) is 8.67. The van der Waals surface area contributed by atoms with Crippen molar-refractivity contribution in [2.75, 3.05) is 34.0 Å². The lowest BCUT2D eigenvalue weighted by atomic mass is 9.69. The lowest BCUT2D eigenvalue weighted by molar-refractivity contribution is -0.0863. The molecule has 0 saturated carbocycles. The van der Waals surface area contributed by atoms with Gasteiger partial charge in [-0.25, -0.2) is 0 Å². The maximum Gasteiger partial charge on any atom is 0.123 e. The molecule has 2 N–H and O–H groups in total. The van der Waals surface area contributed by atoms with E-state index in [0.29, 0.717) is 25.7 Å². The molecule has 0 amide bonds. The van der Waals surface area contributed by atoms with Crippen molar-refractivity contribution >= 4 is 0 Å². The molecule has 1 aliphatic heterocycles. The first-order valence-electron chi connectivity index (χ1n) is 6.18. The summed E-state index contributed by atoms with van der Waals surface area (Å²) in [7, 11) is 3.35. The van der Waals surface area contributed by atoms with Gasteiger partial charge in [0.1, 0.15) is 11.5 Å². The summed E-state index contributed by atoms with van der Waals surface area (Å²) < 4.78 is 16.2. The average molecular weight is 251 g/mol. The van der Waals surface area contributed by atoms with Gasteiger partial charge in [0.15, 0.2) is 0 Å². The quantitative estimate of drug-likeness (QED) is 0.863. The highest BCUT2D eigenvalue weighted by molar-refractivity contribution is 5.46. The van der Waals surface area contributed by atoms with Crippen molar-refractivity contribution in [1.82, 2.24) is 0 Å². The zero-order valence-electron chi connectivity index (χ0n) is 11.2. The van der Waals surface area contributed by atoms with Crippen LogP contribution in [0.1, 0.15) is 12.5 Å². The molecule has 1 fully saturated rings. The van der Waals surface area contributed by atoms with E-state index in [4.69, 9.17) is 19.9 Å². The van der Waals surface area contributed by atoms with E-state index in [0.717, 1.165) is 17.1 Å². The minimum absolute atomic E-state index is 0.0470. The van der Waals surface area contributed by atoms with Crippen LogP contribution in [0.2, 0.25) is 0 Å². The molecule has 1 aromatic carbocycles. The molecule has 0 aromatic heterocycles. The molecule has 1 aromatic rings. The van der Waals surface area contributed by atoms with Gasteiger partial charge in [0, 0.05) is 11.0 Å². The smallest absolute Gasteiger partial charge is 0.123 e. The molecule has 0 bridgehead atoms. The van der Waals surface area contributed by atoms with Crippen LogP contribution in [0.5, 0.6) is 11.5 Å². The Morgan fingerprint density at radius 3 is 2.50 bits per heavy atom. The lowest BCUT2D eigenvalue weighted by Gasteiger charge is -2.46. The van der Waals surface area contributed by atoms with Crippen molar-refractivity contribution in [1.29, 1.82) is 0 Å². The van der Waals surface area contributed by atoms with E-state index in [1.54, 1.807) is 14.2 Å². The molecule has 1 saturated heterocycles. The van der Waals surface area contributed by atoms with Gasteiger partial charge in [0.25, 0.3) is 0 Å². The van der Waals surface area contributed by atoms with Crippen LogP contribution in [0.25, 0.3) is 0 Å². The van der Waals surface area contributed by atoms with Crippen molar-refractivity contribution in [2.24, 2.45) is 11.7 Å². The molecular formula is C14H21NO3. The summed E-state index contributed by atoms with van der Waals surface area (Å²) >= 11 is 0. The molecule has 1 heterocycles. The second-order valence-electron chi connectivity index (χ2n) is 4.85. The zero-order valence-corrected chi connectivity index (χ0v) is 11.2. The summed E-state index contributed by atoms with van der Waals surface area (Å²) in [5.41, 5.74) is 6.93. The van der Waals surface area contributed by atoms with E-state index in [2.05, 4.69) is 6.92 Å². The zero-order chi connectivity index (χ0) is 13.2. The van der Waals surface area contributed by atoms with Crippen LogP contribution in [0, 0.1) is 5.92 Å². The predicted molar refractivity (Wildman–Crippen MR) is 70.3 cm³/mol. The average Bonchev–Trinajstić information content (AvgIpc) is 2.37. The maximum atomic E-state index is 5.84. The monoisotopic (exact) mass is 251 g/mol. The largest absolute Gasteiger partial charge is 0.497 e. The number of ether oxygens (including phenoxy) is 3. The molecule has 100 valence electrons. The van der Waals surface area contributed by atoms with E-state index < -0.39 is 0 Å². The third-order valence-electron chi connectivity index (χ3n) is 3.96. The molecule has 0 radical (unpaired) electrons. The van der Waals surface area contributed by atoms with Gasteiger partial charge in [-0.2, -0.15) is 0 Å². The van der Waals surface area contributed by atoms with Crippen LogP contribution < -0.4 is 15.2 Å². The third kappa shape index (κ3) is 1.95. The molecule has 1 unspecified atom stereocenters. The third-order valence-corrected chi connectivity index (χ3v) is 3.96. The summed E-state index contributed by atoms with van der Waals surface area (Å²) in [4.78, 5) is 0. The Hall–Kier alpha value is -1.26. The Labute approximate surface area is 108 Å². The van der Waals surface area contributed by atoms with Crippen LogP contribution in [0.4, 0.5) is 0 Å². The minimum atomic E-state index is -0.0470. The Morgan fingerprint density at radius 1 is 1.33 bits per heavy atom. The van der Waals surface area contributed by atoms with Gasteiger partial charge in [-0.3, -0.25) is 0 Å². The van der Waals surface area contributed by atoms with E-state index in [1.165, 1.54) is 0 Å². The molecule has 0 spiro atoms. The van der Waals surface area contributed by atoms with E-state index in [9.17, 15) is 0 Å². The maximum absolute atomic E-state index is 5.84. The lowest BCUT2D eigenvalue weighted by Crippen LogP contribution is -2.53. The second-order valence-corrected chi connectivity index (χ2v) is 4.85. The van der Waals surface area contributed by atoms with Gasteiger partial charge in [-0.1, -0.05) is 6.92 Å². The number of methoxy groups -OCH3 is 2. The highest BCUT2D eigenvalue weighted by Crippen LogP contribution is 2.44. The van der Waals surface area contributed by atoms with Crippen LogP contribution in [-0.4, -0.2) is 34.0 Å². The van der Waals surface area contributed by atoms with Gasteiger partial charge >= 0.3 is 0 Å². The Balaban J connectivity index is 2.46. The molecule has 18 heavy (non-hydrogen) atoms. The highest BCUT2D eigenvalue weighted by atomic mass is 16.5. The number of hydrogen-bond donors (Lipinski definition) is 1. The molecule has 0 aliphatic carbocycles. The van der Waals surface area contributed by atoms with Crippen molar-refractivity contribution in [3.05, 3.63) is 23.8 Å². The van der Waals surface area contributed by atoms with Crippen LogP contribution in [0.15, 0.2) is 18.2 Å². The fourth-order valence-electron chi connectivity index (χ4n) is 2.46. The fraction of sp³-hybridized carbons (Fsp3) is 0.571. The second kappa shape index (κ2) is 5.16. The summed E-state index contributed by atoms with van der Waals surface area (Å²) in [5, 5.41) is 0. The number of hydrogen-bond acceptors (Lipinski definition) is 4. The summed E-state index contributed by atoms with van der Waals surface area (Å²) in [6.07, 6.45) is 0. The standard InChI is InChI=1S/C14H21NO3/c1-10(7-15)14(8-18-9-14)12-6-11(16-2)4-5-13(12)17-3/h4-6,10H,7-9,15H2,1-3H3. The highest BCUT2D eigenvalue weighted by Gasteiger charge is 2.46. The fourth-order valence-corrected chi connectivity index (χ4v) is 2.46. The van der Waals surface area contributed by atoms with Gasteiger partial charge in [0.05, 0.1) is 27.4 Å². The Kier molecular flexibility index (Phi) is 3.78. The van der Waals surface area contributed by atoms with Crippen molar-refractivity contribution < 1.29 is 14.2 Å². The Morgan fingerprint density at radius 2 is 2.06 bits per heavy atom. The minimum Gasteiger partial charge on any atom is -0.497 e. The molecule has 1 aliphatic rings.